The first kappa shape index (κ1) is 19.1. The number of likely N-dealkylation sites (tertiary alicyclic amines) is 1. The Labute approximate surface area is 169 Å². The average Bonchev–Trinajstić information content (AvgIpc) is 3.38. The predicted octanol–water partition coefficient (Wildman–Crippen LogP) is 4.05. The van der Waals surface area contributed by atoms with Crippen molar-refractivity contribution in [3.63, 3.8) is 0 Å². The molecule has 0 saturated carbocycles. The highest BCUT2D eigenvalue weighted by molar-refractivity contribution is 7.13. The zero-order chi connectivity index (χ0) is 20.4. The van der Waals surface area contributed by atoms with Crippen molar-refractivity contribution in [3.8, 4) is 0 Å². The van der Waals surface area contributed by atoms with E-state index in [2.05, 4.69) is 15.5 Å². The Kier molecular flexibility index (Phi) is 5.30. The molecule has 2 heterocycles. The standard InChI is InChI=1S/C20H16F2N4O2S/c21-13-6-8-15(9-7-13)23-17(27)19-25-24-18(29-19)16-5-2-10-26(16)20(28)12-3-1-4-14(22)11-12/h1,3-4,6-9,11,16H,2,5,10H2,(H,23,27)/t16-/m0/s1. The first-order valence-corrected chi connectivity index (χ1v) is 9.80. The van der Waals surface area contributed by atoms with E-state index in [1.54, 1.807) is 11.0 Å². The lowest BCUT2D eigenvalue weighted by Crippen LogP contribution is -2.30. The molecule has 1 N–H and O–H groups in total. The summed E-state index contributed by atoms with van der Waals surface area (Å²) in [5.74, 6) is -1.60. The fourth-order valence-electron chi connectivity index (χ4n) is 3.23. The topological polar surface area (TPSA) is 75.2 Å². The molecule has 2 aromatic carbocycles. The molecule has 148 valence electrons. The van der Waals surface area contributed by atoms with Crippen LogP contribution in [0.3, 0.4) is 0 Å². The van der Waals surface area contributed by atoms with Gasteiger partial charge in [-0.25, -0.2) is 8.78 Å². The quantitative estimate of drug-likeness (QED) is 0.699. The van der Waals surface area contributed by atoms with Crippen LogP contribution >= 0.6 is 11.3 Å². The van der Waals surface area contributed by atoms with Crippen LogP contribution in [0, 0.1) is 11.6 Å². The summed E-state index contributed by atoms with van der Waals surface area (Å²) >= 11 is 1.10. The molecule has 0 radical (unpaired) electrons. The van der Waals surface area contributed by atoms with Gasteiger partial charge in [-0.3, -0.25) is 9.59 Å². The molecular weight excluding hydrogens is 398 g/mol. The number of hydrogen-bond donors (Lipinski definition) is 1. The molecule has 3 aromatic rings. The zero-order valence-electron chi connectivity index (χ0n) is 15.1. The molecule has 1 fully saturated rings. The largest absolute Gasteiger partial charge is 0.329 e. The van der Waals surface area contributed by atoms with Crippen molar-refractivity contribution in [3.05, 3.63) is 75.7 Å². The molecule has 1 aromatic heterocycles. The van der Waals surface area contributed by atoms with Crippen molar-refractivity contribution in [2.75, 3.05) is 11.9 Å². The molecule has 0 unspecified atom stereocenters. The van der Waals surface area contributed by atoms with Crippen molar-refractivity contribution in [2.24, 2.45) is 0 Å². The normalized spacial score (nSPS) is 16.1. The van der Waals surface area contributed by atoms with Gasteiger partial charge in [-0.15, -0.1) is 10.2 Å². The number of hydrogen-bond acceptors (Lipinski definition) is 5. The number of amides is 2. The van der Waals surface area contributed by atoms with Gasteiger partial charge in [-0.2, -0.15) is 0 Å². The molecule has 0 bridgehead atoms. The van der Waals surface area contributed by atoms with Gasteiger partial charge in [-0.05, 0) is 55.3 Å². The lowest BCUT2D eigenvalue weighted by Gasteiger charge is -2.22. The summed E-state index contributed by atoms with van der Waals surface area (Å²) in [4.78, 5) is 26.8. The Bertz CT molecular complexity index is 1050. The van der Waals surface area contributed by atoms with Crippen molar-refractivity contribution in [2.45, 2.75) is 18.9 Å². The fourth-order valence-corrected chi connectivity index (χ4v) is 4.12. The smallest absolute Gasteiger partial charge is 0.286 e. The molecule has 0 aliphatic carbocycles. The number of nitrogens with one attached hydrogen (secondary N) is 1. The lowest BCUT2D eigenvalue weighted by molar-refractivity contribution is 0.0734. The summed E-state index contributed by atoms with van der Waals surface area (Å²) in [5, 5.41) is 11.4. The Morgan fingerprint density at radius 3 is 2.62 bits per heavy atom. The Balaban J connectivity index is 1.49. The van der Waals surface area contributed by atoms with Gasteiger partial charge in [0.2, 0.25) is 5.01 Å². The van der Waals surface area contributed by atoms with Gasteiger partial charge < -0.3 is 10.2 Å². The minimum absolute atomic E-state index is 0.148. The number of aromatic nitrogens is 2. The monoisotopic (exact) mass is 414 g/mol. The second kappa shape index (κ2) is 8.04. The number of halogens is 2. The van der Waals surface area contributed by atoms with Crippen LogP contribution in [0.15, 0.2) is 48.5 Å². The second-order valence-electron chi connectivity index (χ2n) is 6.57. The van der Waals surface area contributed by atoms with E-state index in [1.807, 2.05) is 0 Å². The molecule has 4 rings (SSSR count). The summed E-state index contributed by atoms with van der Waals surface area (Å²) < 4.78 is 26.5. The van der Waals surface area contributed by atoms with Gasteiger partial charge in [0.05, 0.1) is 6.04 Å². The molecule has 1 aliphatic heterocycles. The molecule has 0 spiro atoms. The maximum atomic E-state index is 13.5. The van der Waals surface area contributed by atoms with Crippen LogP contribution in [0.1, 0.15) is 44.1 Å². The van der Waals surface area contributed by atoms with E-state index in [9.17, 15) is 18.4 Å². The number of anilines is 1. The number of rotatable bonds is 4. The summed E-state index contributed by atoms with van der Waals surface area (Å²) in [6.45, 7) is 0.525. The van der Waals surface area contributed by atoms with Crippen molar-refractivity contribution >= 4 is 28.8 Å². The van der Waals surface area contributed by atoms with E-state index in [0.717, 1.165) is 17.8 Å². The van der Waals surface area contributed by atoms with E-state index in [1.165, 1.54) is 42.5 Å². The number of benzene rings is 2. The van der Waals surface area contributed by atoms with Gasteiger partial charge >= 0.3 is 0 Å². The van der Waals surface area contributed by atoms with Crippen LogP contribution in [0.2, 0.25) is 0 Å². The lowest BCUT2D eigenvalue weighted by atomic mass is 10.1. The Hall–Kier alpha value is -3.20. The number of carbonyl (C=O) groups is 2. The number of carbonyl (C=O) groups excluding carboxylic acids is 2. The highest BCUT2D eigenvalue weighted by Crippen LogP contribution is 2.34. The molecule has 1 saturated heterocycles. The van der Waals surface area contributed by atoms with Gasteiger partial charge in [-0.1, -0.05) is 17.4 Å². The van der Waals surface area contributed by atoms with Crippen LogP contribution < -0.4 is 5.32 Å². The van der Waals surface area contributed by atoms with Crippen LogP contribution in [0.4, 0.5) is 14.5 Å². The van der Waals surface area contributed by atoms with E-state index in [0.29, 0.717) is 23.7 Å². The van der Waals surface area contributed by atoms with Crippen LogP contribution in [-0.2, 0) is 0 Å². The summed E-state index contributed by atoms with van der Waals surface area (Å²) in [5.41, 5.74) is 0.715. The first-order chi connectivity index (χ1) is 14.0. The Morgan fingerprint density at radius 1 is 1.07 bits per heavy atom. The second-order valence-corrected chi connectivity index (χ2v) is 7.58. The molecule has 29 heavy (non-hydrogen) atoms. The summed E-state index contributed by atoms with van der Waals surface area (Å²) in [6, 6.07) is 10.6. The van der Waals surface area contributed by atoms with Gasteiger partial charge in [0.25, 0.3) is 11.8 Å². The van der Waals surface area contributed by atoms with Crippen LogP contribution in [0.25, 0.3) is 0 Å². The third-order valence-corrected chi connectivity index (χ3v) is 5.63. The molecule has 2 amide bonds. The van der Waals surface area contributed by atoms with Gasteiger partial charge in [0.1, 0.15) is 16.6 Å². The first-order valence-electron chi connectivity index (χ1n) is 8.98. The van der Waals surface area contributed by atoms with Crippen molar-refractivity contribution in [1.82, 2.24) is 15.1 Å². The van der Waals surface area contributed by atoms with Gasteiger partial charge in [0, 0.05) is 17.8 Å². The highest BCUT2D eigenvalue weighted by Gasteiger charge is 2.33. The highest BCUT2D eigenvalue weighted by atomic mass is 32.1. The van der Waals surface area contributed by atoms with Crippen LogP contribution in [-0.4, -0.2) is 33.5 Å². The maximum absolute atomic E-state index is 13.5. The molecule has 1 atom stereocenters. The van der Waals surface area contributed by atoms with Crippen molar-refractivity contribution in [1.29, 1.82) is 0 Å². The molecule has 1 aliphatic rings. The fraction of sp³-hybridized carbons (Fsp3) is 0.200. The molecule has 9 heteroatoms. The van der Waals surface area contributed by atoms with E-state index < -0.39 is 17.5 Å². The Morgan fingerprint density at radius 2 is 1.86 bits per heavy atom. The van der Waals surface area contributed by atoms with Crippen LogP contribution in [0.5, 0.6) is 0 Å². The van der Waals surface area contributed by atoms with Crippen molar-refractivity contribution < 1.29 is 18.4 Å². The maximum Gasteiger partial charge on any atom is 0.286 e. The SMILES string of the molecule is O=C(Nc1ccc(F)cc1)c1nnc([C@@H]2CCCN2C(=O)c2cccc(F)c2)s1. The third kappa shape index (κ3) is 4.14. The minimum Gasteiger partial charge on any atom is -0.329 e. The van der Waals surface area contributed by atoms with E-state index in [4.69, 9.17) is 0 Å². The summed E-state index contributed by atoms with van der Waals surface area (Å²) in [7, 11) is 0. The predicted molar refractivity (Wildman–Crippen MR) is 104 cm³/mol. The number of nitrogens with zero attached hydrogens (tertiary/aromatic N) is 3. The van der Waals surface area contributed by atoms with Gasteiger partial charge in [0.15, 0.2) is 0 Å². The molecular formula is C20H16F2N4O2S. The molecule has 6 nitrogen and oxygen atoms in total. The average molecular weight is 414 g/mol. The minimum atomic E-state index is -0.470. The van der Waals surface area contributed by atoms with E-state index in [-0.39, 0.29) is 22.5 Å². The zero-order valence-corrected chi connectivity index (χ0v) is 16.0. The van der Waals surface area contributed by atoms with E-state index >= 15 is 0 Å². The third-order valence-electron chi connectivity index (χ3n) is 4.61. The summed E-state index contributed by atoms with van der Waals surface area (Å²) in [6.07, 6.45) is 1.47.